The monoisotopic (exact) mass is 339 g/mol. The van der Waals surface area contributed by atoms with Crippen LogP contribution in [0.25, 0.3) is 0 Å². The summed E-state index contributed by atoms with van der Waals surface area (Å²) in [6.07, 6.45) is 1.03. The number of nitrogens with one attached hydrogen (secondary N) is 1. The Balaban J connectivity index is 2.22. The molecule has 2 aromatic heterocycles. The third-order valence-corrected chi connectivity index (χ3v) is 4.24. The van der Waals surface area contributed by atoms with Crippen molar-refractivity contribution in [1.82, 2.24) is 9.97 Å². The molecule has 0 saturated heterocycles. The van der Waals surface area contributed by atoms with E-state index < -0.39 is 0 Å². The van der Waals surface area contributed by atoms with Crippen molar-refractivity contribution in [3.05, 3.63) is 38.9 Å². The predicted octanol–water partition coefficient (Wildman–Crippen LogP) is 4.99. The average molecular weight is 340 g/mol. The number of thiophene rings is 1. The van der Waals surface area contributed by atoms with E-state index >= 15 is 0 Å². The highest BCUT2D eigenvalue weighted by Crippen LogP contribution is 2.27. The Labute approximate surface area is 126 Å². The van der Waals surface area contributed by atoms with Crippen molar-refractivity contribution in [3.8, 4) is 0 Å². The van der Waals surface area contributed by atoms with Crippen molar-refractivity contribution in [3.63, 3.8) is 0 Å². The number of rotatable bonds is 5. The summed E-state index contributed by atoms with van der Waals surface area (Å²) in [4.78, 5) is 10.3. The molecule has 1 atom stereocenters. The van der Waals surface area contributed by atoms with Gasteiger partial charge in [0.2, 0.25) is 0 Å². The van der Waals surface area contributed by atoms with Crippen LogP contribution in [0, 0.1) is 0 Å². The predicted molar refractivity (Wildman–Crippen MR) is 84.8 cm³/mol. The zero-order chi connectivity index (χ0) is 13.8. The molecule has 2 rings (SSSR count). The summed E-state index contributed by atoms with van der Waals surface area (Å²) in [7, 11) is 0. The van der Waals surface area contributed by atoms with Crippen LogP contribution in [0.2, 0.25) is 0 Å². The zero-order valence-electron chi connectivity index (χ0n) is 11.4. The summed E-state index contributed by atoms with van der Waals surface area (Å²) >= 11 is 5.23. The van der Waals surface area contributed by atoms with Crippen molar-refractivity contribution in [2.75, 3.05) is 5.32 Å². The van der Waals surface area contributed by atoms with Crippen LogP contribution in [0.5, 0.6) is 0 Å². The minimum atomic E-state index is 0.307. The number of hydrogen-bond acceptors (Lipinski definition) is 4. The van der Waals surface area contributed by atoms with Gasteiger partial charge >= 0.3 is 0 Å². The lowest BCUT2D eigenvalue weighted by Crippen LogP contribution is -2.11. The highest BCUT2D eigenvalue weighted by Gasteiger charge is 2.13. The molecule has 0 amide bonds. The zero-order valence-corrected chi connectivity index (χ0v) is 13.8. The van der Waals surface area contributed by atoms with Gasteiger partial charge in [0.15, 0.2) is 0 Å². The normalized spacial score (nSPS) is 12.7. The molecule has 102 valence electrons. The summed E-state index contributed by atoms with van der Waals surface area (Å²) in [5.41, 5.74) is 0. The number of nitrogens with zero attached hydrogens (tertiary/aromatic N) is 2. The highest BCUT2D eigenvalue weighted by atomic mass is 79.9. The van der Waals surface area contributed by atoms with Gasteiger partial charge in [-0.3, -0.25) is 0 Å². The number of halogens is 1. The van der Waals surface area contributed by atoms with Crippen LogP contribution in [0.4, 0.5) is 5.82 Å². The van der Waals surface area contributed by atoms with Crippen LogP contribution in [-0.4, -0.2) is 9.97 Å². The summed E-state index contributed by atoms with van der Waals surface area (Å²) < 4.78 is 0.828. The van der Waals surface area contributed by atoms with Gasteiger partial charge in [0.25, 0.3) is 0 Å². The van der Waals surface area contributed by atoms with Crippen molar-refractivity contribution in [1.29, 1.82) is 0 Å². The summed E-state index contributed by atoms with van der Waals surface area (Å²) in [5, 5.41) is 5.60. The smallest absolute Gasteiger partial charge is 0.134 e. The van der Waals surface area contributed by atoms with E-state index in [-0.39, 0.29) is 0 Å². The van der Waals surface area contributed by atoms with E-state index in [2.05, 4.69) is 69.5 Å². The third-order valence-electron chi connectivity index (χ3n) is 2.85. The van der Waals surface area contributed by atoms with E-state index in [0.29, 0.717) is 12.0 Å². The van der Waals surface area contributed by atoms with Crippen LogP contribution < -0.4 is 5.32 Å². The van der Waals surface area contributed by atoms with E-state index in [4.69, 9.17) is 0 Å². The quantitative estimate of drug-likeness (QED) is 0.780. The lowest BCUT2D eigenvalue weighted by molar-refractivity contribution is 0.738. The van der Waals surface area contributed by atoms with Gasteiger partial charge in [0.1, 0.15) is 16.2 Å². The van der Waals surface area contributed by atoms with Gasteiger partial charge in [0, 0.05) is 16.9 Å². The Kier molecular flexibility index (Phi) is 4.93. The fraction of sp³-hybridized carbons (Fsp3) is 0.429. The number of anilines is 1. The molecule has 3 nitrogen and oxygen atoms in total. The van der Waals surface area contributed by atoms with Gasteiger partial charge in [0.05, 0.1) is 6.04 Å². The van der Waals surface area contributed by atoms with Crippen molar-refractivity contribution < 1.29 is 0 Å². The van der Waals surface area contributed by atoms with Crippen molar-refractivity contribution in [2.45, 2.75) is 39.2 Å². The minimum absolute atomic E-state index is 0.307. The van der Waals surface area contributed by atoms with E-state index in [1.807, 2.05) is 6.07 Å². The maximum atomic E-state index is 4.58. The van der Waals surface area contributed by atoms with Gasteiger partial charge in [-0.2, -0.15) is 0 Å². The minimum Gasteiger partial charge on any atom is -0.362 e. The molecule has 1 N–H and O–H groups in total. The molecule has 0 spiro atoms. The van der Waals surface area contributed by atoms with Crippen LogP contribution in [0.3, 0.4) is 0 Å². The van der Waals surface area contributed by atoms with Gasteiger partial charge in [-0.15, -0.1) is 11.3 Å². The molecule has 0 radical (unpaired) electrons. The van der Waals surface area contributed by atoms with Gasteiger partial charge < -0.3 is 5.32 Å². The van der Waals surface area contributed by atoms with E-state index in [9.17, 15) is 0 Å². The molecule has 19 heavy (non-hydrogen) atoms. The second-order valence-electron chi connectivity index (χ2n) is 4.71. The molecule has 0 aliphatic rings. The first-order valence-corrected chi connectivity index (χ1v) is 8.11. The molecule has 0 aromatic carbocycles. The maximum absolute atomic E-state index is 4.58. The Morgan fingerprint density at radius 3 is 2.74 bits per heavy atom. The Bertz CT molecular complexity index is 525. The maximum Gasteiger partial charge on any atom is 0.134 e. The first kappa shape index (κ1) is 14.5. The Hall–Kier alpha value is -0.940. The van der Waals surface area contributed by atoms with E-state index in [1.54, 1.807) is 11.3 Å². The third kappa shape index (κ3) is 3.76. The lowest BCUT2D eigenvalue weighted by Gasteiger charge is -2.17. The van der Waals surface area contributed by atoms with Gasteiger partial charge in [-0.05, 0) is 33.8 Å². The van der Waals surface area contributed by atoms with Crippen molar-refractivity contribution >= 4 is 33.1 Å². The molecule has 0 saturated carbocycles. The number of hydrogen-bond donors (Lipinski definition) is 1. The van der Waals surface area contributed by atoms with Crippen molar-refractivity contribution in [2.24, 2.45) is 0 Å². The Morgan fingerprint density at radius 1 is 1.37 bits per heavy atom. The molecular formula is C14H18BrN3S. The summed E-state index contributed by atoms with van der Waals surface area (Å²) in [6, 6.07) is 6.48. The first-order chi connectivity index (χ1) is 9.10. The topological polar surface area (TPSA) is 37.8 Å². The number of aromatic nitrogens is 2. The SMILES string of the molecule is CCC(Nc1cc(Br)nc(C(C)C)n1)c1cccs1. The fourth-order valence-electron chi connectivity index (χ4n) is 1.81. The highest BCUT2D eigenvalue weighted by molar-refractivity contribution is 9.10. The molecule has 5 heteroatoms. The van der Waals surface area contributed by atoms with Crippen LogP contribution >= 0.6 is 27.3 Å². The molecule has 0 aliphatic carbocycles. The second kappa shape index (κ2) is 6.48. The molecule has 2 aromatic rings. The van der Waals surface area contributed by atoms with Crippen LogP contribution in [-0.2, 0) is 0 Å². The molecule has 0 bridgehead atoms. The first-order valence-electron chi connectivity index (χ1n) is 6.44. The molecule has 0 fully saturated rings. The van der Waals surface area contributed by atoms with Crippen LogP contribution in [0.15, 0.2) is 28.2 Å². The van der Waals surface area contributed by atoms with E-state index in [0.717, 1.165) is 22.7 Å². The summed E-state index contributed by atoms with van der Waals surface area (Å²) in [6.45, 7) is 6.38. The largest absolute Gasteiger partial charge is 0.362 e. The molecule has 1 unspecified atom stereocenters. The standard InChI is InChI=1S/C14H18BrN3S/c1-4-10(11-6-5-7-19-11)16-13-8-12(15)17-14(18-13)9(2)3/h5-10H,4H2,1-3H3,(H,16,17,18). The Morgan fingerprint density at radius 2 is 2.16 bits per heavy atom. The lowest BCUT2D eigenvalue weighted by atomic mass is 10.2. The average Bonchev–Trinajstić information content (AvgIpc) is 2.89. The van der Waals surface area contributed by atoms with Gasteiger partial charge in [-0.1, -0.05) is 26.8 Å². The second-order valence-corrected chi connectivity index (χ2v) is 6.50. The molecule has 0 aliphatic heterocycles. The van der Waals surface area contributed by atoms with Crippen LogP contribution in [0.1, 0.15) is 49.9 Å². The van der Waals surface area contributed by atoms with E-state index in [1.165, 1.54) is 4.88 Å². The summed E-state index contributed by atoms with van der Waals surface area (Å²) in [5.74, 6) is 2.06. The molecule has 2 heterocycles. The van der Waals surface area contributed by atoms with Gasteiger partial charge in [-0.25, -0.2) is 9.97 Å². The molecular weight excluding hydrogens is 322 g/mol. The fourth-order valence-corrected chi connectivity index (χ4v) is 3.07.